The summed E-state index contributed by atoms with van der Waals surface area (Å²) < 4.78 is 29.4. The molecular formula is C31H46N6O5S. The number of hydrogen-bond donors (Lipinski definition) is 2. The van der Waals surface area contributed by atoms with Gasteiger partial charge in [0, 0.05) is 44.2 Å². The van der Waals surface area contributed by atoms with Crippen molar-refractivity contribution in [3.63, 3.8) is 0 Å². The van der Waals surface area contributed by atoms with Gasteiger partial charge in [-0.3, -0.25) is 9.59 Å². The lowest BCUT2D eigenvalue weighted by molar-refractivity contribution is -0.144. The van der Waals surface area contributed by atoms with Gasteiger partial charge < -0.3 is 15.3 Å². The largest absolute Gasteiger partial charge is 0.391 e. The molecule has 12 heteroatoms. The summed E-state index contributed by atoms with van der Waals surface area (Å²) in [6.45, 7) is 8.91. The highest BCUT2D eigenvalue weighted by atomic mass is 32.2. The Kier molecular flexibility index (Phi) is 9.29. The van der Waals surface area contributed by atoms with Crippen LogP contribution < -0.4 is 5.32 Å². The minimum absolute atomic E-state index is 0.0105. The van der Waals surface area contributed by atoms with Crippen molar-refractivity contribution in [2.75, 3.05) is 19.6 Å². The first-order chi connectivity index (χ1) is 20.4. The van der Waals surface area contributed by atoms with E-state index in [1.165, 1.54) is 4.90 Å². The van der Waals surface area contributed by atoms with E-state index in [0.29, 0.717) is 36.7 Å². The second-order valence-corrected chi connectivity index (χ2v) is 15.5. The summed E-state index contributed by atoms with van der Waals surface area (Å²) >= 11 is 0. The van der Waals surface area contributed by atoms with Gasteiger partial charge in [-0.05, 0) is 68.6 Å². The van der Waals surface area contributed by atoms with Crippen molar-refractivity contribution in [2.45, 2.75) is 114 Å². The lowest BCUT2D eigenvalue weighted by atomic mass is 9.85. The van der Waals surface area contributed by atoms with Crippen LogP contribution in [-0.2, 0) is 26.0 Å². The number of nitrogens with zero attached hydrogens (tertiary/aromatic N) is 5. The zero-order valence-electron chi connectivity index (χ0n) is 25.8. The molecule has 2 amide bonds. The number of likely N-dealkylation sites (tertiary alicyclic amines) is 1. The van der Waals surface area contributed by atoms with Crippen molar-refractivity contribution in [1.29, 1.82) is 0 Å². The fourth-order valence-corrected chi connectivity index (χ4v) is 8.04. The maximum absolute atomic E-state index is 13.9. The van der Waals surface area contributed by atoms with Gasteiger partial charge in [-0.15, -0.1) is 5.10 Å². The van der Waals surface area contributed by atoms with Gasteiger partial charge >= 0.3 is 0 Å². The van der Waals surface area contributed by atoms with Gasteiger partial charge in [0.1, 0.15) is 12.1 Å². The number of piperidine rings is 1. The second-order valence-electron chi connectivity index (χ2n) is 13.6. The molecule has 3 aliphatic rings. The van der Waals surface area contributed by atoms with Crippen LogP contribution in [0.2, 0.25) is 0 Å². The molecule has 0 bridgehead atoms. The van der Waals surface area contributed by atoms with Crippen molar-refractivity contribution < 1.29 is 23.1 Å². The average molecular weight is 615 g/mol. The summed E-state index contributed by atoms with van der Waals surface area (Å²) in [6, 6.07) is 5.60. The maximum Gasteiger partial charge on any atom is 0.248 e. The van der Waals surface area contributed by atoms with Gasteiger partial charge in [-0.1, -0.05) is 44.5 Å². The van der Waals surface area contributed by atoms with Gasteiger partial charge in [0.05, 0.1) is 16.7 Å². The summed E-state index contributed by atoms with van der Waals surface area (Å²) in [6.07, 6.45) is 7.57. The Labute approximate surface area is 255 Å². The van der Waals surface area contributed by atoms with E-state index >= 15 is 0 Å². The van der Waals surface area contributed by atoms with Crippen LogP contribution in [0, 0.1) is 5.41 Å². The highest BCUT2D eigenvalue weighted by molar-refractivity contribution is 7.89. The number of carbonyl (C=O) groups is 2. The Bertz CT molecular complexity index is 1400. The number of aryl methyl sites for hydroxylation is 1. The normalized spacial score (nSPS) is 24.2. The number of sulfonamides is 1. The molecule has 236 valence electrons. The molecule has 0 radical (unpaired) electrons. The second kappa shape index (κ2) is 12.6. The van der Waals surface area contributed by atoms with Crippen LogP contribution in [0.5, 0.6) is 0 Å². The minimum atomic E-state index is -3.51. The predicted octanol–water partition coefficient (Wildman–Crippen LogP) is 3.02. The van der Waals surface area contributed by atoms with Crippen molar-refractivity contribution in [3.8, 4) is 0 Å². The van der Waals surface area contributed by atoms with E-state index in [-0.39, 0.29) is 30.8 Å². The molecule has 1 aromatic heterocycles. The van der Waals surface area contributed by atoms with E-state index in [4.69, 9.17) is 0 Å². The molecular weight excluding hydrogens is 568 g/mol. The van der Waals surface area contributed by atoms with Crippen molar-refractivity contribution in [1.82, 2.24) is 29.5 Å². The molecule has 3 fully saturated rings. The van der Waals surface area contributed by atoms with Crippen molar-refractivity contribution >= 4 is 21.8 Å². The highest BCUT2D eigenvalue weighted by Gasteiger charge is 2.45. The highest BCUT2D eigenvalue weighted by Crippen LogP contribution is 2.40. The quantitative estimate of drug-likeness (QED) is 0.393. The Hall–Kier alpha value is -2.83. The first-order valence-corrected chi connectivity index (χ1v) is 17.1. The van der Waals surface area contributed by atoms with Crippen LogP contribution in [0.4, 0.5) is 0 Å². The molecule has 2 saturated heterocycles. The molecule has 43 heavy (non-hydrogen) atoms. The van der Waals surface area contributed by atoms with Gasteiger partial charge in [-0.2, -0.15) is 4.31 Å². The van der Waals surface area contributed by atoms with Gasteiger partial charge in [0.15, 0.2) is 0 Å². The zero-order chi connectivity index (χ0) is 30.9. The van der Waals surface area contributed by atoms with Crippen LogP contribution in [0.3, 0.4) is 0 Å². The van der Waals surface area contributed by atoms with E-state index in [2.05, 4.69) is 15.6 Å². The Morgan fingerprint density at radius 2 is 1.84 bits per heavy atom. The third kappa shape index (κ3) is 7.12. The molecule has 2 N–H and O–H groups in total. The molecule has 1 unspecified atom stereocenters. The van der Waals surface area contributed by atoms with Crippen molar-refractivity contribution in [3.05, 3.63) is 41.7 Å². The smallest absolute Gasteiger partial charge is 0.248 e. The van der Waals surface area contributed by atoms with Gasteiger partial charge in [0.2, 0.25) is 21.8 Å². The topological polar surface area (TPSA) is 138 Å². The van der Waals surface area contributed by atoms with E-state index in [1.807, 2.05) is 46.0 Å². The van der Waals surface area contributed by atoms with Gasteiger partial charge in [0.25, 0.3) is 0 Å². The van der Waals surface area contributed by atoms with Gasteiger partial charge in [-0.25, -0.2) is 13.1 Å². The first kappa shape index (κ1) is 31.6. The summed E-state index contributed by atoms with van der Waals surface area (Å²) in [5, 5.41) is 22.0. The lowest BCUT2D eigenvalue weighted by Gasteiger charge is -2.34. The Morgan fingerprint density at radius 3 is 2.49 bits per heavy atom. The fraction of sp³-hybridized carbons (Fsp3) is 0.677. The van der Waals surface area contributed by atoms with Crippen LogP contribution in [-0.4, -0.2) is 87.4 Å². The van der Waals surface area contributed by atoms with Crippen molar-refractivity contribution in [2.24, 2.45) is 5.41 Å². The lowest BCUT2D eigenvalue weighted by Crippen LogP contribution is -2.50. The number of benzene rings is 1. The molecule has 3 heterocycles. The van der Waals surface area contributed by atoms with E-state index < -0.39 is 33.6 Å². The maximum atomic E-state index is 13.9. The van der Waals surface area contributed by atoms with E-state index in [1.54, 1.807) is 21.1 Å². The summed E-state index contributed by atoms with van der Waals surface area (Å²) in [7, 11) is -3.51. The number of β-amino-alcohol motifs (C(OH)–C–C–N with tert-alkyl or cyclic N) is 1. The zero-order valence-corrected chi connectivity index (χ0v) is 26.6. The van der Waals surface area contributed by atoms with Crippen LogP contribution in [0.25, 0.3) is 0 Å². The number of aliphatic hydroxyl groups excluding tert-OH is 1. The number of rotatable bonds is 10. The summed E-state index contributed by atoms with van der Waals surface area (Å²) in [4.78, 5) is 28.9. The molecule has 11 nitrogen and oxygen atoms in total. The van der Waals surface area contributed by atoms with E-state index in [9.17, 15) is 23.1 Å². The SMILES string of the molecule is CC1CCCCN1S(=O)(=O)c1ccc(CCCNC(=O)[C@@H]2C[C@@H](O)CN2C(=O)[C@@H](n2cc(C3CC3)nn2)C(C)(C)C)cc1. The minimum Gasteiger partial charge on any atom is -0.391 e. The molecule has 2 aromatic rings. The molecule has 1 aliphatic carbocycles. The van der Waals surface area contributed by atoms with E-state index in [0.717, 1.165) is 43.4 Å². The number of aliphatic hydroxyl groups is 1. The standard InChI is InChI=1S/C31H46N6O5S/c1-21-8-5-6-17-37(21)43(41,42)25-14-10-22(11-15-25)9-7-16-32-29(39)27-18-24(38)19-35(27)30(40)28(31(2,3)4)36-20-26(33-34-36)23-12-13-23/h10-11,14-15,20-21,23-24,27-28,38H,5-9,12-13,16-19H2,1-4H3,(H,32,39)/t21?,24-,27+,28-/m1/s1. The molecule has 0 spiro atoms. The van der Waals surface area contributed by atoms with Crippen LogP contribution in [0.1, 0.15) is 95.9 Å². The molecule has 5 rings (SSSR count). The average Bonchev–Trinajstić information content (AvgIpc) is 3.56. The first-order valence-electron chi connectivity index (χ1n) is 15.6. The number of nitrogens with one attached hydrogen (secondary N) is 1. The molecule has 2 aliphatic heterocycles. The Balaban J connectivity index is 1.16. The number of amides is 2. The van der Waals surface area contributed by atoms with Crippen LogP contribution in [0.15, 0.2) is 35.4 Å². The number of aromatic nitrogens is 3. The summed E-state index contributed by atoms with van der Waals surface area (Å²) in [5.41, 5.74) is 1.39. The molecule has 1 saturated carbocycles. The van der Waals surface area contributed by atoms with Crippen LogP contribution >= 0.6 is 0 Å². The third-order valence-corrected chi connectivity index (χ3v) is 10.9. The Morgan fingerprint density at radius 1 is 1.12 bits per heavy atom. The molecule has 4 atom stereocenters. The monoisotopic (exact) mass is 614 g/mol. The summed E-state index contributed by atoms with van der Waals surface area (Å²) in [5.74, 6) is -0.122. The fourth-order valence-electron chi connectivity index (χ4n) is 6.34. The number of carbonyl (C=O) groups excluding carboxylic acids is 2. The number of hydrogen-bond acceptors (Lipinski definition) is 7. The third-order valence-electron chi connectivity index (χ3n) is 8.92. The molecule has 1 aromatic carbocycles. The predicted molar refractivity (Wildman–Crippen MR) is 162 cm³/mol.